The molecule has 0 radical (unpaired) electrons. The highest BCUT2D eigenvalue weighted by Gasteiger charge is 2.26. The largest absolute Gasteiger partial charge is 0.304 e. The molecule has 0 bridgehead atoms. The number of rotatable bonds is 8. The van der Waals surface area contributed by atoms with Crippen LogP contribution < -0.4 is 4.72 Å². The first-order chi connectivity index (χ1) is 9.75. The fraction of sp³-hybridized carbons (Fsp3) is 1.00. The Morgan fingerprint density at radius 2 is 1.71 bits per heavy atom. The van der Waals surface area contributed by atoms with E-state index in [1.807, 2.05) is 6.92 Å². The molecule has 0 aliphatic carbocycles. The summed E-state index contributed by atoms with van der Waals surface area (Å²) in [5, 5.41) is 0. The highest BCUT2D eigenvalue weighted by molar-refractivity contribution is 7.89. The summed E-state index contributed by atoms with van der Waals surface area (Å²) in [4.78, 5) is 4.71. The molecule has 0 saturated carbocycles. The van der Waals surface area contributed by atoms with E-state index < -0.39 is 10.0 Å². The average Bonchev–Trinajstić information content (AvgIpc) is 2.39. The number of alkyl halides is 1. The molecule has 1 N–H and O–H groups in total. The summed E-state index contributed by atoms with van der Waals surface area (Å²) in [5.74, 6) is 0.865. The summed E-state index contributed by atoms with van der Waals surface area (Å²) in [6.45, 7) is 10.7. The third-order valence-electron chi connectivity index (χ3n) is 4.06. The van der Waals surface area contributed by atoms with Gasteiger partial charge in [-0.05, 0) is 18.9 Å². The predicted molar refractivity (Wildman–Crippen MR) is 89.4 cm³/mol. The van der Waals surface area contributed by atoms with Crippen molar-refractivity contribution in [2.45, 2.75) is 26.8 Å². The molecule has 0 aromatic rings. The minimum Gasteiger partial charge on any atom is -0.304 e. The number of piperazine rings is 1. The maximum absolute atomic E-state index is 12.1. The van der Waals surface area contributed by atoms with Crippen molar-refractivity contribution in [1.82, 2.24) is 14.5 Å². The fourth-order valence-corrected chi connectivity index (χ4v) is 4.28. The van der Waals surface area contributed by atoms with Crippen LogP contribution in [0.1, 0.15) is 20.8 Å². The SMILES string of the molecule is CC(CCl)CS(=O)(=O)NCC(C(C)C)N1CCN(C)CC1. The minimum atomic E-state index is -3.24. The molecule has 1 aliphatic rings. The zero-order valence-corrected chi connectivity index (χ0v) is 15.3. The van der Waals surface area contributed by atoms with Gasteiger partial charge in [-0.1, -0.05) is 20.8 Å². The molecule has 0 amide bonds. The van der Waals surface area contributed by atoms with Gasteiger partial charge in [0.2, 0.25) is 10.0 Å². The van der Waals surface area contributed by atoms with E-state index in [0.717, 1.165) is 26.2 Å². The van der Waals surface area contributed by atoms with Crippen LogP contribution in [-0.2, 0) is 10.0 Å². The van der Waals surface area contributed by atoms with Crippen molar-refractivity contribution in [1.29, 1.82) is 0 Å². The summed E-state index contributed by atoms with van der Waals surface area (Å²) < 4.78 is 26.9. The highest BCUT2D eigenvalue weighted by Crippen LogP contribution is 2.13. The van der Waals surface area contributed by atoms with Crippen LogP contribution in [0.3, 0.4) is 0 Å². The van der Waals surface area contributed by atoms with Crippen molar-refractivity contribution in [3.05, 3.63) is 0 Å². The van der Waals surface area contributed by atoms with Gasteiger partial charge in [-0.25, -0.2) is 13.1 Å². The number of nitrogens with one attached hydrogen (secondary N) is 1. The van der Waals surface area contributed by atoms with Crippen LogP contribution in [0, 0.1) is 11.8 Å². The van der Waals surface area contributed by atoms with E-state index >= 15 is 0 Å². The number of hydrogen-bond donors (Lipinski definition) is 1. The summed E-state index contributed by atoms with van der Waals surface area (Å²) in [7, 11) is -1.12. The third-order valence-corrected chi connectivity index (χ3v) is 6.20. The van der Waals surface area contributed by atoms with Crippen LogP contribution >= 0.6 is 11.6 Å². The van der Waals surface area contributed by atoms with Crippen LogP contribution in [0.5, 0.6) is 0 Å². The van der Waals surface area contributed by atoms with Gasteiger partial charge < -0.3 is 4.90 Å². The maximum atomic E-state index is 12.1. The van der Waals surface area contributed by atoms with Gasteiger partial charge in [0.1, 0.15) is 0 Å². The first kappa shape index (κ1) is 19.2. The van der Waals surface area contributed by atoms with Crippen molar-refractivity contribution in [2.24, 2.45) is 11.8 Å². The molecule has 0 aromatic heterocycles. The second kappa shape index (κ2) is 8.67. The molecule has 0 spiro atoms. The van der Waals surface area contributed by atoms with Crippen molar-refractivity contribution in [3.63, 3.8) is 0 Å². The number of nitrogens with zero attached hydrogens (tertiary/aromatic N) is 2. The van der Waals surface area contributed by atoms with Gasteiger partial charge in [-0.2, -0.15) is 0 Å². The molecule has 2 atom stereocenters. The second-order valence-electron chi connectivity index (χ2n) is 6.54. The average molecular weight is 340 g/mol. The molecule has 0 aromatic carbocycles. The van der Waals surface area contributed by atoms with E-state index in [-0.39, 0.29) is 17.7 Å². The van der Waals surface area contributed by atoms with Crippen molar-refractivity contribution >= 4 is 21.6 Å². The van der Waals surface area contributed by atoms with Crippen LogP contribution in [0.15, 0.2) is 0 Å². The van der Waals surface area contributed by atoms with Gasteiger partial charge in [0.15, 0.2) is 0 Å². The summed E-state index contributed by atoms with van der Waals surface area (Å²) >= 11 is 5.70. The van der Waals surface area contributed by atoms with Gasteiger partial charge in [-0.3, -0.25) is 4.90 Å². The van der Waals surface area contributed by atoms with E-state index in [1.54, 1.807) is 0 Å². The van der Waals surface area contributed by atoms with Gasteiger partial charge in [-0.15, -0.1) is 11.6 Å². The van der Waals surface area contributed by atoms with Crippen LogP contribution in [0.2, 0.25) is 0 Å². The summed E-state index contributed by atoms with van der Waals surface area (Å²) in [5.41, 5.74) is 0. The predicted octanol–water partition coefficient (Wildman–Crippen LogP) is 1.05. The van der Waals surface area contributed by atoms with E-state index in [0.29, 0.717) is 18.3 Å². The zero-order valence-electron chi connectivity index (χ0n) is 13.7. The molecular formula is C14H30ClN3O2S. The number of hydrogen-bond acceptors (Lipinski definition) is 4. The van der Waals surface area contributed by atoms with Gasteiger partial charge in [0, 0.05) is 44.6 Å². The number of halogens is 1. The molecular weight excluding hydrogens is 310 g/mol. The number of likely N-dealkylation sites (N-methyl/N-ethyl adjacent to an activating group) is 1. The Morgan fingerprint density at radius 1 is 1.14 bits per heavy atom. The standard InChI is InChI=1S/C14H30ClN3O2S/c1-12(2)14(18-7-5-17(4)6-8-18)10-16-21(19,20)11-13(3)9-15/h12-14,16H,5-11H2,1-4H3. The molecule has 21 heavy (non-hydrogen) atoms. The van der Waals surface area contributed by atoms with Gasteiger partial charge in [0.25, 0.3) is 0 Å². The minimum absolute atomic E-state index is 0.0229. The van der Waals surface area contributed by atoms with Gasteiger partial charge in [0.05, 0.1) is 5.75 Å². The maximum Gasteiger partial charge on any atom is 0.211 e. The van der Waals surface area contributed by atoms with Crippen molar-refractivity contribution < 1.29 is 8.42 Å². The van der Waals surface area contributed by atoms with E-state index in [1.165, 1.54) is 0 Å². The molecule has 1 fully saturated rings. The Morgan fingerprint density at radius 3 is 2.19 bits per heavy atom. The van der Waals surface area contributed by atoms with Gasteiger partial charge >= 0.3 is 0 Å². The first-order valence-corrected chi connectivity index (χ1v) is 9.89. The Kier molecular flexibility index (Phi) is 7.92. The lowest BCUT2D eigenvalue weighted by atomic mass is 10.0. The Bertz CT molecular complexity index is 395. The quantitative estimate of drug-likeness (QED) is 0.672. The molecule has 2 unspecified atom stereocenters. The molecule has 1 saturated heterocycles. The van der Waals surface area contributed by atoms with Crippen molar-refractivity contribution in [3.8, 4) is 0 Å². The van der Waals surface area contributed by atoms with E-state index in [2.05, 4.69) is 35.4 Å². The molecule has 1 aliphatic heterocycles. The van der Waals surface area contributed by atoms with Crippen LogP contribution in [0.4, 0.5) is 0 Å². The lowest BCUT2D eigenvalue weighted by Gasteiger charge is -2.39. The monoisotopic (exact) mass is 339 g/mol. The van der Waals surface area contributed by atoms with Crippen LogP contribution in [0.25, 0.3) is 0 Å². The Labute approximate surface area is 135 Å². The molecule has 1 rings (SSSR count). The Hall–Kier alpha value is 0.120. The van der Waals surface area contributed by atoms with E-state index in [9.17, 15) is 8.42 Å². The molecule has 5 nitrogen and oxygen atoms in total. The lowest BCUT2D eigenvalue weighted by Crippen LogP contribution is -2.54. The third kappa shape index (κ3) is 6.82. The second-order valence-corrected chi connectivity index (χ2v) is 8.70. The summed E-state index contributed by atoms with van der Waals surface area (Å²) in [6, 6.07) is 0.250. The fourth-order valence-electron chi connectivity index (χ4n) is 2.63. The summed E-state index contributed by atoms with van der Waals surface area (Å²) in [6.07, 6.45) is 0. The number of sulfonamides is 1. The molecule has 126 valence electrons. The van der Waals surface area contributed by atoms with Crippen LogP contribution in [-0.4, -0.2) is 75.7 Å². The van der Waals surface area contributed by atoms with E-state index in [4.69, 9.17) is 11.6 Å². The topological polar surface area (TPSA) is 52.7 Å². The zero-order chi connectivity index (χ0) is 16.0. The molecule has 7 heteroatoms. The normalized spacial score (nSPS) is 21.6. The lowest BCUT2D eigenvalue weighted by molar-refractivity contribution is 0.0905. The first-order valence-electron chi connectivity index (χ1n) is 7.71. The highest BCUT2D eigenvalue weighted by atomic mass is 35.5. The molecule has 1 heterocycles. The Balaban J connectivity index is 2.55. The smallest absolute Gasteiger partial charge is 0.211 e. The van der Waals surface area contributed by atoms with Crippen molar-refractivity contribution in [2.75, 3.05) is 51.4 Å².